The highest BCUT2D eigenvalue weighted by Crippen LogP contribution is 2.36. The third kappa shape index (κ3) is 11.1. The second kappa shape index (κ2) is 13.4. The summed E-state index contributed by atoms with van der Waals surface area (Å²) in [5, 5.41) is 0. The van der Waals surface area contributed by atoms with Crippen molar-refractivity contribution in [2.45, 2.75) is 93.9 Å². The predicted molar refractivity (Wildman–Crippen MR) is 87.1 cm³/mol. The van der Waals surface area contributed by atoms with Gasteiger partial charge >= 0.3 is 0 Å². The van der Waals surface area contributed by atoms with Gasteiger partial charge in [-0.25, -0.2) is 0 Å². The maximum Gasteiger partial charge on any atom is -0.0388 e. The Morgan fingerprint density at radius 1 is 0.722 bits per heavy atom. The zero-order valence-electron chi connectivity index (χ0n) is 14.6. The molecule has 0 heterocycles. The average molecular weight is 257 g/mol. The van der Waals surface area contributed by atoms with Gasteiger partial charge < -0.3 is 0 Å². The van der Waals surface area contributed by atoms with Crippen molar-refractivity contribution in [2.24, 2.45) is 23.7 Å². The molecule has 0 radical (unpaired) electrons. The smallest absolute Gasteiger partial charge is 0.0388 e. The first-order valence-electron chi connectivity index (χ1n) is 8.44. The lowest BCUT2D eigenvalue weighted by Gasteiger charge is -2.33. The molecule has 1 saturated carbocycles. The molecule has 0 heteroatoms. The van der Waals surface area contributed by atoms with Gasteiger partial charge in [0, 0.05) is 0 Å². The molecule has 0 saturated heterocycles. The van der Waals surface area contributed by atoms with Crippen LogP contribution in [-0.4, -0.2) is 0 Å². The molecule has 0 amide bonds. The van der Waals surface area contributed by atoms with Crippen molar-refractivity contribution in [2.75, 3.05) is 0 Å². The van der Waals surface area contributed by atoms with Gasteiger partial charge in [0.1, 0.15) is 0 Å². The van der Waals surface area contributed by atoms with Crippen LogP contribution in [-0.2, 0) is 0 Å². The topological polar surface area (TPSA) is 0 Å². The van der Waals surface area contributed by atoms with Gasteiger partial charge in [0.2, 0.25) is 0 Å². The summed E-state index contributed by atoms with van der Waals surface area (Å²) < 4.78 is 0. The highest BCUT2D eigenvalue weighted by atomic mass is 14.3. The van der Waals surface area contributed by atoms with Crippen molar-refractivity contribution in [1.82, 2.24) is 0 Å². The molecule has 1 aliphatic carbocycles. The molecule has 0 bridgehead atoms. The van der Waals surface area contributed by atoms with E-state index in [9.17, 15) is 0 Å². The van der Waals surface area contributed by atoms with Gasteiger partial charge in [-0.2, -0.15) is 0 Å². The van der Waals surface area contributed by atoms with E-state index in [1.54, 1.807) is 0 Å². The van der Waals surface area contributed by atoms with E-state index >= 15 is 0 Å². The molecule has 0 aromatic rings. The summed E-state index contributed by atoms with van der Waals surface area (Å²) in [6.45, 7) is 18.0. The average Bonchev–Trinajstić information content (AvgIpc) is 2.31. The fraction of sp³-hybridized carbons (Fsp3) is 1.00. The number of hydrogen-bond acceptors (Lipinski definition) is 0. The lowest BCUT2D eigenvalue weighted by atomic mass is 9.72. The number of hydrogen-bond donors (Lipinski definition) is 0. The van der Waals surface area contributed by atoms with Crippen LogP contribution in [0.15, 0.2) is 0 Å². The van der Waals surface area contributed by atoms with Crippen LogP contribution in [0.1, 0.15) is 93.9 Å². The zero-order chi connectivity index (χ0) is 14.6. The molecule has 0 N–H and O–H groups in total. The van der Waals surface area contributed by atoms with E-state index in [0.717, 1.165) is 23.7 Å². The monoisotopic (exact) mass is 256 g/mol. The molecule has 0 aromatic heterocycles. The summed E-state index contributed by atoms with van der Waals surface area (Å²) in [6.07, 6.45) is 8.45. The Kier molecular flexibility index (Phi) is 15.2. The Balaban J connectivity index is 0. The van der Waals surface area contributed by atoms with Gasteiger partial charge in [-0.1, -0.05) is 87.5 Å². The normalized spacial score (nSPS) is 23.0. The van der Waals surface area contributed by atoms with Gasteiger partial charge in [0.05, 0.1) is 0 Å². The summed E-state index contributed by atoms with van der Waals surface area (Å²) in [5.74, 6) is 3.86. The van der Waals surface area contributed by atoms with Crippen LogP contribution in [0.2, 0.25) is 0 Å². The molecule has 18 heavy (non-hydrogen) atoms. The van der Waals surface area contributed by atoms with Gasteiger partial charge in [0.25, 0.3) is 0 Å². The van der Waals surface area contributed by atoms with Crippen LogP contribution in [0.25, 0.3) is 0 Å². The van der Waals surface area contributed by atoms with E-state index in [2.05, 4.69) is 55.4 Å². The van der Waals surface area contributed by atoms with Crippen LogP contribution < -0.4 is 0 Å². The zero-order valence-corrected chi connectivity index (χ0v) is 14.6. The summed E-state index contributed by atoms with van der Waals surface area (Å²) in [7, 11) is 0. The van der Waals surface area contributed by atoms with E-state index in [-0.39, 0.29) is 0 Å². The van der Waals surface area contributed by atoms with Crippen LogP contribution >= 0.6 is 0 Å². The molecule has 1 aliphatic rings. The van der Waals surface area contributed by atoms with E-state index in [1.165, 1.54) is 38.5 Å². The molecule has 0 aliphatic heterocycles. The van der Waals surface area contributed by atoms with E-state index in [4.69, 9.17) is 0 Å². The van der Waals surface area contributed by atoms with Crippen molar-refractivity contribution in [1.29, 1.82) is 0 Å². The van der Waals surface area contributed by atoms with Gasteiger partial charge in [-0.15, -0.1) is 0 Å². The molecule has 2 unspecified atom stereocenters. The molecule has 1 fully saturated rings. The van der Waals surface area contributed by atoms with Crippen LogP contribution in [0.4, 0.5) is 0 Å². The predicted octanol–water partition coefficient (Wildman–Crippen LogP) is 6.94. The van der Waals surface area contributed by atoms with E-state index < -0.39 is 0 Å². The number of rotatable bonds is 2. The first-order chi connectivity index (χ1) is 8.44. The Labute approximate surface area is 118 Å². The lowest BCUT2D eigenvalue weighted by Crippen LogP contribution is -2.22. The maximum atomic E-state index is 2.38. The first-order valence-corrected chi connectivity index (χ1v) is 8.44. The molecule has 0 aromatic carbocycles. The molecule has 1 rings (SSSR count). The Morgan fingerprint density at radius 2 is 1.00 bits per heavy atom. The van der Waals surface area contributed by atoms with E-state index in [0.29, 0.717) is 0 Å². The molecule has 0 nitrogen and oxygen atoms in total. The van der Waals surface area contributed by atoms with Crippen molar-refractivity contribution in [3.63, 3.8) is 0 Å². The quantitative estimate of drug-likeness (QED) is 0.502. The third-order valence-electron chi connectivity index (χ3n) is 3.64. The van der Waals surface area contributed by atoms with Crippen molar-refractivity contribution in [3.05, 3.63) is 0 Å². The second-order valence-corrected chi connectivity index (χ2v) is 6.59. The highest BCUT2D eigenvalue weighted by molar-refractivity contribution is 4.76. The standard InChI is InChI=1S/C12H24.2C3H8/c1-9(2)11-6-5-7-12(8-11)10(3)4;2*1-3-2/h9-12H,5-8H2,1-4H3;2*3H2,1-2H3. The third-order valence-corrected chi connectivity index (χ3v) is 3.64. The minimum atomic E-state index is 0.909. The molecule has 2 atom stereocenters. The fourth-order valence-corrected chi connectivity index (χ4v) is 2.48. The molecular formula is C18H40. The summed E-state index contributed by atoms with van der Waals surface area (Å²) >= 11 is 0. The fourth-order valence-electron chi connectivity index (χ4n) is 2.48. The van der Waals surface area contributed by atoms with Crippen molar-refractivity contribution >= 4 is 0 Å². The van der Waals surface area contributed by atoms with Crippen molar-refractivity contribution in [3.8, 4) is 0 Å². The first kappa shape index (κ1) is 20.3. The SMILES string of the molecule is CC(C)C1CCCC(C(C)C)C1.CCC.CCC. The van der Waals surface area contributed by atoms with Crippen LogP contribution in [0.5, 0.6) is 0 Å². The van der Waals surface area contributed by atoms with Gasteiger partial charge in [0.15, 0.2) is 0 Å². The van der Waals surface area contributed by atoms with Gasteiger partial charge in [-0.3, -0.25) is 0 Å². The molecule has 112 valence electrons. The molecular weight excluding hydrogens is 216 g/mol. The minimum absolute atomic E-state index is 0.909. The van der Waals surface area contributed by atoms with Crippen molar-refractivity contribution < 1.29 is 0 Å². The molecule has 0 spiro atoms. The lowest BCUT2D eigenvalue weighted by molar-refractivity contribution is 0.177. The Hall–Kier alpha value is 0. The Morgan fingerprint density at radius 3 is 1.22 bits per heavy atom. The summed E-state index contributed by atoms with van der Waals surface area (Å²) in [5.41, 5.74) is 0. The van der Waals surface area contributed by atoms with E-state index in [1.807, 2.05) is 0 Å². The maximum absolute atomic E-state index is 2.38. The van der Waals surface area contributed by atoms with Crippen LogP contribution in [0.3, 0.4) is 0 Å². The van der Waals surface area contributed by atoms with Gasteiger partial charge in [-0.05, 0) is 30.1 Å². The highest BCUT2D eigenvalue weighted by Gasteiger charge is 2.25. The Bertz CT molecular complexity index is 130. The second-order valence-electron chi connectivity index (χ2n) is 6.59. The summed E-state index contributed by atoms with van der Waals surface area (Å²) in [4.78, 5) is 0. The van der Waals surface area contributed by atoms with Crippen LogP contribution in [0, 0.1) is 23.7 Å². The minimum Gasteiger partial charge on any atom is -0.0656 e. The largest absolute Gasteiger partial charge is 0.0656 e. The summed E-state index contributed by atoms with van der Waals surface area (Å²) in [6, 6.07) is 0.